The van der Waals surface area contributed by atoms with Crippen LogP contribution in [-0.4, -0.2) is 13.0 Å². The van der Waals surface area contributed by atoms with Crippen LogP contribution in [0.3, 0.4) is 0 Å². The molecule has 0 bridgehead atoms. The molecule has 0 aliphatic carbocycles. The second-order valence-corrected chi connectivity index (χ2v) is 2.14. The zero-order valence-electron chi connectivity index (χ0n) is 3.78. The number of nitrogens with one attached hydrogen (secondary N) is 1. The van der Waals surface area contributed by atoms with Crippen molar-refractivity contribution in [2.24, 2.45) is 0 Å². The van der Waals surface area contributed by atoms with Gasteiger partial charge in [0, 0.05) is 11.0 Å². The van der Waals surface area contributed by atoms with Crippen LogP contribution in [0.15, 0.2) is 11.1 Å². The van der Waals surface area contributed by atoms with E-state index in [0.29, 0.717) is 13.0 Å². The number of carbonyl (C=O) groups excluding carboxylic acids is 1. The molecule has 1 amide bonds. The molecule has 0 aliphatic rings. The lowest BCUT2D eigenvalue weighted by Gasteiger charge is -1.89. The highest BCUT2D eigenvalue weighted by Crippen LogP contribution is 1.94. The van der Waals surface area contributed by atoms with E-state index in [-0.39, 0.29) is 0 Å². The SMILES string of the molecule is C=C(Br)CNC=O. The van der Waals surface area contributed by atoms with E-state index in [2.05, 4.69) is 27.8 Å². The van der Waals surface area contributed by atoms with E-state index in [1.807, 2.05) is 0 Å². The van der Waals surface area contributed by atoms with Crippen molar-refractivity contribution in [2.75, 3.05) is 6.54 Å². The molecule has 0 aromatic rings. The molecule has 0 rings (SSSR count). The maximum Gasteiger partial charge on any atom is 0.207 e. The summed E-state index contributed by atoms with van der Waals surface area (Å²) in [5.74, 6) is 0. The van der Waals surface area contributed by atoms with E-state index in [1.54, 1.807) is 0 Å². The first-order valence-electron chi connectivity index (χ1n) is 1.77. The summed E-state index contributed by atoms with van der Waals surface area (Å²) in [6.07, 6.45) is 0.631. The molecule has 0 saturated carbocycles. The van der Waals surface area contributed by atoms with Crippen LogP contribution in [0.4, 0.5) is 0 Å². The molecule has 1 N–H and O–H groups in total. The molecule has 0 aliphatic heterocycles. The van der Waals surface area contributed by atoms with Crippen LogP contribution in [0.25, 0.3) is 0 Å². The standard InChI is InChI=1S/C4H6BrNO/c1-4(5)2-6-3-7/h3H,1-2H2,(H,6,7). The summed E-state index contributed by atoms with van der Waals surface area (Å²) in [7, 11) is 0. The highest BCUT2D eigenvalue weighted by Gasteiger charge is 1.79. The van der Waals surface area contributed by atoms with Crippen LogP contribution < -0.4 is 5.32 Å². The molecule has 0 heterocycles. The van der Waals surface area contributed by atoms with E-state index in [0.717, 1.165) is 4.48 Å². The first-order valence-corrected chi connectivity index (χ1v) is 2.57. The summed E-state index contributed by atoms with van der Waals surface area (Å²) in [4.78, 5) is 9.54. The van der Waals surface area contributed by atoms with Crippen molar-refractivity contribution in [3.05, 3.63) is 11.1 Å². The monoisotopic (exact) mass is 163 g/mol. The third-order valence-corrected chi connectivity index (χ3v) is 0.658. The molecular formula is C4H6BrNO. The van der Waals surface area contributed by atoms with E-state index in [4.69, 9.17) is 0 Å². The van der Waals surface area contributed by atoms with Crippen LogP contribution in [0.1, 0.15) is 0 Å². The van der Waals surface area contributed by atoms with Gasteiger partial charge in [0.05, 0.1) is 0 Å². The van der Waals surface area contributed by atoms with Crippen molar-refractivity contribution in [1.82, 2.24) is 5.32 Å². The van der Waals surface area contributed by atoms with Crippen LogP contribution in [0, 0.1) is 0 Å². The molecule has 7 heavy (non-hydrogen) atoms. The minimum atomic E-state index is 0.503. The topological polar surface area (TPSA) is 29.1 Å². The van der Waals surface area contributed by atoms with Gasteiger partial charge in [0.1, 0.15) is 0 Å². The molecule has 0 aromatic carbocycles. The van der Waals surface area contributed by atoms with Crippen molar-refractivity contribution >= 4 is 22.3 Å². The van der Waals surface area contributed by atoms with Crippen molar-refractivity contribution < 1.29 is 4.79 Å². The maximum atomic E-state index is 9.54. The number of carbonyl (C=O) groups is 1. The van der Waals surface area contributed by atoms with E-state index < -0.39 is 0 Å². The van der Waals surface area contributed by atoms with Crippen LogP contribution >= 0.6 is 15.9 Å². The highest BCUT2D eigenvalue weighted by molar-refractivity contribution is 9.11. The number of hydrogen-bond donors (Lipinski definition) is 1. The number of halogens is 1. The van der Waals surface area contributed by atoms with Crippen molar-refractivity contribution in [1.29, 1.82) is 0 Å². The van der Waals surface area contributed by atoms with Crippen LogP contribution in [0.2, 0.25) is 0 Å². The van der Waals surface area contributed by atoms with Crippen molar-refractivity contribution in [3.63, 3.8) is 0 Å². The molecule has 0 spiro atoms. The van der Waals surface area contributed by atoms with E-state index in [1.165, 1.54) is 0 Å². The quantitative estimate of drug-likeness (QED) is 0.609. The summed E-state index contributed by atoms with van der Waals surface area (Å²) in [5.41, 5.74) is 0. The summed E-state index contributed by atoms with van der Waals surface area (Å²) < 4.78 is 0.777. The first-order chi connectivity index (χ1) is 3.27. The van der Waals surface area contributed by atoms with Gasteiger partial charge in [0.25, 0.3) is 0 Å². The minimum Gasteiger partial charge on any atom is -0.354 e. The minimum absolute atomic E-state index is 0.503. The lowest BCUT2D eigenvalue weighted by molar-refractivity contribution is -0.109. The van der Waals surface area contributed by atoms with Gasteiger partial charge in [0.2, 0.25) is 6.41 Å². The van der Waals surface area contributed by atoms with Gasteiger partial charge in [-0.25, -0.2) is 0 Å². The Morgan fingerprint density at radius 2 is 2.57 bits per heavy atom. The Balaban J connectivity index is 2.97. The lowest BCUT2D eigenvalue weighted by atomic mass is 10.6. The van der Waals surface area contributed by atoms with E-state index in [9.17, 15) is 4.79 Å². The van der Waals surface area contributed by atoms with Gasteiger partial charge in [-0.15, -0.1) is 0 Å². The third kappa shape index (κ3) is 5.69. The fraction of sp³-hybridized carbons (Fsp3) is 0.250. The maximum absolute atomic E-state index is 9.54. The van der Waals surface area contributed by atoms with Crippen molar-refractivity contribution in [2.45, 2.75) is 0 Å². The van der Waals surface area contributed by atoms with Gasteiger partial charge in [0.15, 0.2) is 0 Å². The average Bonchev–Trinajstić information content (AvgIpc) is 1.61. The Labute approximate surface area is 50.7 Å². The second kappa shape index (κ2) is 3.87. The largest absolute Gasteiger partial charge is 0.354 e. The Morgan fingerprint density at radius 1 is 2.00 bits per heavy atom. The Morgan fingerprint density at radius 3 is 2.71 bits per heavy atom. The molecule has 40 valence electrons. The molecule has 0 fully saturated rings. The fourth-order valence-corrected chi connectivity index (χ4v) is 0.314. The van der Waals surface area contributed by atoms with Gasteiger partial charge in [-0.1, -0.05) is 22.5 Å². The fourth-order valence-electron chi connectivity index (χ4n) is 0.152. The molecule has 0 aromatic heterocycles. The third-order valence-electron chi connectivity index (χ3n) is 0.377. The highest BCUT2D eigenvalue weighted by atomic mass is 79.9. The molecule has 0 atom stereocenters. The molecule has 0 unspecified atom stereocenters. The van der Waals surface area contributed by atoms with Crippen molar-refractivity contribution in [3.8, 4) is 0 Å². The average molecular weight is 164 g/mol. The molecule has 3 heteroatoms. The Bertz CT molecular complexity index is 81.8. The number of hydrogen-bond acceptors (Lipinski definition) is 1. The number of amides is 1. The Kier molecular flexibility index (Phi) is 3.69. The summed E-state index contributed by atoms with van der Waals surface area (Å²) in [6.45, 7) is 3.99. The molecule has 0 saturated heterocycles. The zero-order chi connectivity index (χ0) is 5.70. The molecule has 0 radical (unpaired) electrons. The van der Waals surface area contributed by atoms with Gasteiger partial charge in [-0.3, -0.25) is 4.79 Å². The summed E-state index contributed by atoms with van der Waals surface area (Å²) in [6, 6.07) is 0. The smallest absolute Gasteiger partial charge is 0.207 e. The predicted octanol–water partition coefficient (Wildman–Crippen LogP) is 0.641. The molecule has 2 nitrogen and oxygen atoms in total. The number of rotatable bonds is 3. The zero-order valence-corrected chi connectivity index (χ0v) is 5.36. The predicted molar refractivity (Wildman–Crippen MR) is 32.1 cm³/mol. The van der Waals surface area contributed by atoms with Crippen LogP contribution in [0.5, 0.6) is 0 Å². The first kappa shape index (κ1) is 6.69. The normalized spacial score (nSPS) is 7.57. The van der Waals surface area contributed by atoms with E-state index >= 15 is 0 Å². The Hall–Kier alpha value is -0.310. The summed E-state index contributed by atoms with van der Waals surface area (Å²) in [5, 5.41) is 2.42. The van der Waals surface area contributed by atoms with Gasteiger partial charge in [-0.2, -0.15) is 0 Å². The summed E-state index contributed by atoms with van der Waals surface area (Å²) >= 11 is 3.06. The lowest BCUT2D eigenvalue weighted by Crippen LogP contribution is -2.11. The van der Waals surface area contributed by atoms with Gasteiger partial charge >= 0.3 is 0 Å². The molecular weight excluding hydrogens is 158 g/mol. The van der Waals surface area contributed by atoms with Crippen LogP contribution in [-0.2, 0) is 4.79 Å². The van der Waals surface area contributed by atoms with Gasteiger partial charge in [-0.05, 0) is 0 Å². The van der Waals surface area contributed by atoms with Gasteiger partial charge < -0.3 is 5.32 Å². The second-order valence-electron chi connectivity index (χ2n) is 1.02.